The molecule has 0 bridgehead atoms. The monoisotopic (exact) mass is 531 g/mol. The maximum atomic E-state index is 13.9. The van der Waals surface area contributed by atoms with E-state index in [-0.39, 0.29) is 19.0 Å². The van der Waals surface area contributed by atoms with Gasteiger partial charge in [-0.05, 0) is 25.2 Å². The number of morpholine rings is 1. The molecule has 2 saturated heterocycles. The van der Waals surface area contributed by atoms with Gasteiger partial charge in [-0.2, -0.15) is 0 Å². The van der Waals surface area contributed by atoms with Crippen LogP contribution in [0.1, 0.15) is 47.5 Å². The van der Waals surface area contributed by atoms with E-state index in [2.05, 4.69) is 6.58 Å². The second-order valence-electron chi connectivity index (χ2n) is 11.9. The lowest BCUT2D eigenvalue weighted by Gasteiger charge is -2.70. The lowest BCUT2D eigenvalue weighted by atomic mass is 9.39. The first-order valence-corrected chi connectivity index (χ1v) is 12.7. The number of halogens is 1. The number of carbonyl (C=O) groups is 2. The smallest absolute Gasteiger partial charge is 0.320 e. The van der Waals surface area contributed by atoms with E-state index in [1.54, 1.807) is 13.8 Å². The summed E-state index contributed by atoms with van der Waals surface area (Å²) in [6.45, 7) is 14.8. The van der Waals surface area contributed by atoms with Crippen LogP contribution in [-0.4, -0.2) is 100 Å². The third kappa shape index (κ3) is 3.97. The number of fused-ring (bicyclic) bond motifs is 3. The zero-order chi connectivity index (χ0) is 26.0. The van der Waals surface area contributed by atoms with Gasteiger partial charge >= 0.3 is 5.97 Å². The maximum Gasteiger partial charge on any atom is 0.320 e. The van der Waals surface area contributed by atoms with Gasteiger partial charge in [0.15, 0.2) is 11.4 Å². The Morgan fingerprint density at radius 3 is 2.42 bits per heavy atom. The number of carbonyl (C=O) groups excluding carboxylic acids is 2. The van der Waals surface area contributed by atoms with E-state index in [0.29, 0.717) is 39.1 Å². The van der Waals surface area contributed by atoms with Crippen LogP contribution < -0.4 is 0 Å². The quantitative estimate of drug-likeness (QED) is 0.361. The SMILES string of the molecule is C=C[C@H]1O[C@@]2(C)[C@H](O)[C@H](OC(=O)CN3CCOCC3)[C@@H]3C(C)(C)CC[C@@H](O)[C@@]3(C)[C@]2(O)C(=O)C1C.Cl. The van der Waals surface area contributed by atoms with Crippen molar-refractivity contribution in [2.45, 2.75) is 83.1 Å². The highest BCUT2D eigenvalue weighted by molar-refractivity contribution is 5.93. The summed E-state index contributed by atoms with van der Waals surface area (Å²) < 4.78 is 17.6. The van der Waals surface area contributed by atoms with Crippen LogP contribution in [0.25, 0.3) is 0 Å². The highest BCUT2D eigenvalue weighted by atomic mass is 35.5. The number of ketones is 1. The average Bonchev–Trinajstić information content (AvgIpc) is 2.81. The lowest BCUT2D eigenvalue weighted by Crippen LogP contribution is -2.86. The third-order valence-corrected chi connectivity index (χ3v) is 9.54. The van der Waals surface area contributed by atoms with Crippen LogP contribution in [0.4, 0.5) is 0 Å². The topological polar surface area (TPSA) is 126 Å². The molecule has 10 heteroatoms. The van der Waals surface area contributed by atoms with E-state index in [0.717, 1.165) is 0 Å². The zero-order valence-corrected chi connectivity index (χ0v) is 22.8. The molecule has 0 aromatic carbocycles. The van der Waals surface area contributed by atoms with Crippen molar-refractivity contribution in [3.05, 3.63) is 12.7 Å². The Bertz CT molecular complexity index is 878. The Morgan fingerprint density at radius 2 is 1.83 bits per heavy atom. The van der Waals surface area contributed by atoms with Gasteiger partial charge in [-0.25, -0.2) is 0 Å². The minimum Gasteiger partial charge on any atom is -0.458 e. The number of esters is 1. The summed E-state index contributed by atoms with van der Waals surface area (Å²) in [7, 11) is 0. The largest absolute Gasteiger partial charge is 0.458 e. The fourth-order valence-corrected chi connectivity index (χ4v) is 7.52. The molecule has 0 radical (unpaired) electrons. The third-order valence-electron chi connectivity index (χ3n) is 9.54. The lowest BCUT2D eigenvalue weighted by molar-refractivity contribution is -0.365. The number of aliphatic hydroxyl groups excluding tert-OH is 2. The predicted octanol–water partition coefficient (Wildman–Crippen LogP) is 1.11. The van der Waals surface area contributed by atoms with Crippen molar-refractivity contribution in [1.82, 2.24) is 4.90 Å². The van der Waals surface area contributed by atoms with Crippen LogP contribution in [-0.2, 0) is 23.8 Å². The molecule has 36 heavy (non-hydrogen) atoms. The zero-order valence-electron chi connectivity index (χ0n) is 21.9. The Hall–Kier alpha value is -1.07. The first kappa shape index (κ1) is 29.5. The molecule has 2 heterocycles. The van der Waals surface area contributed by atoms with E-state index in [9.17, 15) is 24.9 Å². The Kier molecular flexibility index (Phi) is 8.12. The molecule has 9 nitrogen and oxygen atoms in total. The Balaban J connectivity index is 0.00000361. The van der Waals surface area contributed by atoms with Crippen molar-refractivity contribution >= 4 is 24.2 Å². The molecule has 9 atom stereocenters. The van der Waals surface area contributed by atoms with Crippen LogP contribution >= 0.6 is 12.4 Å². The minimum atomic E-state index is -2.22. The summed E-state index contributed by atoms with van der Waals surface area (Å²) in [6.07, 6.45) is -2.02. The highest BCUT2D eigenvalue weighted by Gasteiger charge is 2.81. The van der Waals surface area contributed by atoms with E-state index in [4.69, 9.17) is 14.2 Å². The van der Waals surface area contributed by atoms with Crippen LogP contribution in [0.5, 0.6) is 0 Å². The molecule has 206 valence electrons. The van der Waals surface area contributed by atoms with Gasteiger partial charge in [-0.3, -0.25) is 14.5 Å². The molecule has 4 rings (SSSR count). The van der Waals surface area contributed by atoms with E-state index in [1.165, 1.54) is 13.0 Å². The normalized spacial score (nSPS) is 46.6. The van der Waals surface area contributed by atoms with Crippen LogP contribution in [0.15, 0.2) is 12.7 Å². The second kappa shape index (κ2) is 9.91. The number of nitrogens with zero attached hydrogens (tertiary/aromatic N) is 1. The number of rotatable bonds is 4. The highest BCUT2D eigenvalue weighted by Crippen LogP contribution is 2.66. The molecule has 2 aliphatic heterocycles. The summed E-state index contributed by atoms with van der Waals surface area (Å²) in [6, 6.07) is 0. The minimum absolute atomic E-state index is 0. The first-order chi connectivity index (χ1) is 16.3. The Labute approximate surface area is 219 Å². The molecular weight excluding hydrogens is 490 g/mol. The van der Waals surface area contributed by atoms with Gasteiger partial charge in [0.1, 0.15) is 17.8 Å². The first-order valence-electron chi connectivity index (χ1n) is 12.7. The van der Waals surface area contributed by atoms with Crippen molar-refractivity contribution in [3.63, 3.8) is 0 Å². The van der Waals surface area contributed by atoms with Gasteiger partial charge < -0.3 is 29.5 Å². The number of Topliss-reactive ketones (excluding diaryl/α,β-unsaturated/α-hetero) is 1. The molecule has 0 amide bonds. The van der Waals surface area contributed by atoms with Crippen molar-refractivity contribution < 1.29 is 39.1 Å². The van der Waals surface area contributed by atoms with Crippen LogP contribution in [0, 0.1) is 22.7 Å². The second-order valence-corrected chi connectivity index (χ2v) is 11.9. The molecule has 0 aromatic heterocycles. The van der Waals surface area contributed by atoms with Gasteiger partial charge in [-0.15, -0.1) is 19.0 Å². The van der Waals surface area contributed by atoms with Gasteiger partial charge in [0, 0.05) is 30.3 Å². The maximum absolute atomic E-state index is 13.9. The molecule has 0 spiro atoms. The van der Waals surface area contributed by atoms with Crippen molar-refractivity contribution in [2.75, 3.05) is 32.8 Å². The fourth-order valence-electron chi connectivity index (χ4n) is 7.52. The molecule has 2 aliphatic carbocycles. The van der Waals surface area contributed by atoms with Crippen molar-refractivity contribution in [2.24, 2.45) is 22.7 Å². The molecule has 2 saturated carbocycles. The summed E-state index contributed by atoms with van der Waals surface area (Å²) in [5.41, 5.74) is -6.05. The average molecular weight is 532 g/mol. The number of ether oxygens (including phenoxy) is 3. The van der Waals surface area contributed by atoms with Crippen molar-refractivity contribution in [3.8, 4) is 0 Å². The van der Waals surface area contributed by atoms with Crippen LogP contribution in [0.2, 0.25) is 0 Å². The predicted molar refractivity (Wildman–Crippen MR) is 134 cm³/mol. The van der Waals surface area contributed by atoms with Gasteiger partial charge in [0.2, 0.25) is 0 Å². The number of aliphatic hydroxyl groups is 3. The molecule has 0 aromatic rings. The van der Waals surface area contributed by atoms with Crippen molar-refractivity contribution in [1.29, 1.82) is 0 Å². The van der Waals surface area contributed by atoms with Gasteiger partial charge in [0.25, 0.3) is 0 Å². The molecule has 4 aliphatic rings. The summed E-state index contributed by atoms with van der Waals surface area (Å²) in [5.74, 6) is -2.45. The molecule has 1 unspecified atom stereocenters. The summed E-state index contributed by atoms with van der Waals surface area (Å²) in [5, 5.41) is 35.5. The molecular formula is C26H42ClNO8. The van der Waals surface area contributed by atoms with Crippen LogP contribution in [0.3, 0.4) is 0 Å². The Morgan fingerprint density at radius 1 is 1.22 bits per heavy atom. The molecule has 4 fully saturated rings. The van der Waals surface area contributed by atoms with E-state index < -0.39 is 70.0 Å². The summed E-state index contributed by atoms with van der Waals surface area (Å²) >= 11 is 0. The molecule has 3 N–H and O–H groups in total. The van der Waals surface area contributed by atoms with Gasteiger partial charge in [0.05, 0.1) is 32.0 Å². The van der Waals surface area contributed by atoms with E-state index in [1.807, 2.05) is 18.7 Å². The van der Waals surface area contributed by atoms with E-state index >= 15 is 0 Å². The number of hydrogen-bond acceptors (Lipinski definition) is 9. The summed E-state index contributed by atoms with van der Waals surface area (Å²) in [4.78, 5) is 28.9. The standard InChI is InChI=1S/C26H41NO8.ClH/c1-7-16-15(2)21(30)26(32)24(5)17(28)8-9-23(3,4)20(24)19(22(31)25(26,6)35-16)34-18(29)14-27-10-12-33-13-11-27;/h7,15-17,19-20,22,28,31-32H,1,8-14H2,2-6H3;1H/t15?,16-,17-,19-,20-,22-,24-,25+,26-;/m1./s1. The fraction of sp³-hybridized carbons (Fsp3) is 0.846. The number of hydrogen-bond donors (Lipinski definition) is 3. The van der Waals surface area contributed by atoms with Gasteiger partial charge in [-0.1, -0.05) is 33.8 Å².